The van der Waals surface area contributed by atoms with E-state index in [9.17, 15) is 37.8 Å². The van der Waals surface area contributed by atoms with Gasteiger partial charge in [-0.3, -0.25) is 14.4 Å². The number of ketones is 1. The molecule has 1 saturated heterocycles. The number of benzene rings is 2. The van der Waals surface area contributed by atoms with Crippen LogP contribution >= 0.6 is 11.8 Å². The molecule has 0 spiro atoms. The Hall–Kier alpha value is -3.05. The number of alkyl halides is 3. The molecular formula is C28H33F3N2O5S. The van der Waals surface area contributed by atoms with Gasteiger partial charge in [-0.15, -0.1) is 11.8 Å². The highest BCUT2D eigenvalue weighted by Crippen LogP contribution is 2.41. The molecule has 0 saturated carbocycles. The number of halogens is 3. The Morgan fingerprint density at radius 2 is 1.77 bits per heavy atom. The SMILES string of the molecule is Cc1ccc(C(=O)N[C@@H](Cc2ccccc2)[C@H](O)C(=O)N2CSC(C)(C)C2C(=O)CCC(F)(F)F)c(C)c1O. The number of aliphatic hydroxyl groups is 1. The van der Waals surface area contributed by atoms with E-state index in [2.05, 4.69) is 5.32 Å². The fourth-order valence-corrected chi connectivity index (χ4v) is 5.86. The molecule has 11 heteroatoms. The normalized spacial score (nSPS) is 18.5. The molecule has 1 fully saturated rings. The van der Waals surface area contributed by atoms with Crippen LogP contribution in [-0.4, -0.2) is 67.7 Å². The van der Waals surface area contributed by atoms with Crippen molar-refractivity contribution in [2.45, 2.75) is 76.1 Å². The predicted molar refractivity (Wildman–Crippen MR) is 142 cm³/mol. The van der Waals surface area contributed by atoms with Gasteiger partial charge < -0.3 is 20.4 Å². The van der Waals surface area contributed by atoms with Crippen molar-refractivity contribution in [1.82, 2.24) is 10.2 Å². The maximum atomic E-state index is 13.6. The summed E-state index contributed by atoms with van der Waals surface area (Å²) in [4.78, 5) is 40.8. The fraction of sp³-hybridized carbons (Fsp3) is 0.464. The molecule has 0 bridgehead atoms. The Labute approximate surface area is 229 Å². The molecule has 1 heterocycles. The number of phenolic OH excluding ortho intramolecular Hbond substituents is 1. The number of carbonyl (C=O) groups excluding carboxylic acids is 3. The summed E-state index contributed by atoms with van der Waals surface area (Å²) in [6.07, 6.45) is -8.33. The topological polar surface area (TPSA) is 107 Å². The summed E-state index contributed by atoms with van der Waals surface area (Å²) >= 11 is 1.23. The van der Waals surface area contributed by atoms with Gasteiger partial charge in [-0.25, -0.2) is 0 Å². The van der Waals surface area contributed by atoms with Crippen LogP contribution in [0.3, 0.4) is 0 Å². The largest absolute Gasteiger partial charge is 0.507 e. The second kappa shape index (κ2) is 12.0. The first-order valence-electron chi connectivity index (χ1n) is 12.5. The zero-order valence-corrected chi connectivity index (χ0v) is 23.0. The minimum Gasteiger partial charge on any atom is -0.507 e. The van der Waals surface area contributed by atoms with E-state index < -0.39 is 59.6 Å². The smallest absolute Gasteiger partial charge is 0.389 e. The van der Waals surface area contributed by atoms with Gasteiger partial charge >= 0.3 is 6.18 Å². The number of thioether (sulfide) groups is 1. The molecule has 3 atom stereocenters. The van der Waals surface area contributed by atoms with Gasteiger partial charge in [0.15, 0.2) is 11.9 Å². The number of phenols is 1. The number of aliphatic hydroxyl groups excluding tert-OH is 1. The Kier molecular flexibility index (Phi) is 9.38. The van der Waals surface area contributed by atoms with Gasteiger partial charge in [0.2, 0.25) is 0 Å². The van der Waals surface area contributed by atoms with Crippen molar-refractivity contribution in [3.8, 4) is 5.75 Å². The average molecular weight is 567 g/mol. The van der Waals surface area contributed by atoms with Crippen LogP contribution in [-0.2, 0) is 16.0 Å². The summed E-state index contributed by atoms with van der Waals surface area (Å²) in [6.45, 7) is 6.60. The third kappa shape index (κ3) is 7.33. The Bertz CT molecular complexity index is 1220. The highest BCUT2D eigenvalue weighted by atomic mass is 32.2. The first-order valence-corrected chi connectivity index (χ1v) is 13.5. The third-order valence-electron chi connectivity index (χ3n) is 6.92. The van der Waals surface area contributed by atoms with Gasteiger partial charge in [0, 0.05) is 22.3 Å². The van der Waals surface area contributed by atoms with Crippen molar-refractivity contribution in [3.05, 3.63) is 64.7 Å². The van der Waals surface area contributed by atoms with Crippen molar-refractivity contribution >= 4 is 29.4 Å². The van der Waals surface area contributed by atoms with Gasteiger partial charge in [-0.2, -0.15) is 13.2 Å². The van der Waals surface area contributed by atoms with Gasteiger partial charge in [0.25, 0.3) is 11.8 Å². The van der Waals surface area contributed by atoms with E-state index in [1.165, 1.54) is 17.8 Å². The first-order chi connectivity index (χ1) is 18.1. The van der Waals surface area contributed by atoms with Crippen LogP contribution in [0.1, 0.15) is 53.7 Å². The number of aryl methyl sites for hydroxylation is 1. The number of aromatic hydroxyl groups is 1. The molecule has 2 amide bonds. The van der Waals surface area contributed by atoms with Crippen LogP contribution in [0.5, 0.6) is 5.75 Å². The lowest BCUT2D eigenvalue weighted by atomic mass is 9.93. The van der Waals surface area contributed by atoms with Crippen LogP contribution in [0, 0.1) is 13.8 Å². The number of hydrogen-bond donors (Lipinski definition) is 3. The van der Waals surface area contributed by atoms with Gasteiger partial charge in [0.1, 0.15) is 11.8 Å². The van der Waals surface area contributed by atoms with Crippen molar-refractivity contribution < 1.29 is 37.8 Å². The quantitative estimate of drug-likeness (QED) is 0.418. The molecule has 39 heavy (non-hydrogen) atoms. The van der Waals surface area contributed by atoms with E-state index in [4.69, 9.17) is 0 Å². The summed E-state index contributed by atoms with van der Waals surface area (Å²) in [5.41, 5.74) is 1.79. The number of rotatable bonds is 9. The van der Waals surface area contributed by atoms with Gasteiger partial charge in [-0.05, 0) is 51.3 Å². The van der Waals surface area contributed by atoms with E-state index >= 15 is 0 Å². The highest BCUT2D eigenvalue weighted by molar-refractivity contribution is 8.00. The molecule has 212 valence electrons. The van der Waals surface area contributed by atoms with Crippen LogP contribution < -0.4 is 5.32 Å². The standard InChI is InChI=1S/C28H33F3N2O5S/c1-16-10-11-19(17(2)22(16)35)25(37)32-20(14-18-8-6-5-7-9-18)23(36)26(38)33-15-39-27(3,4)24(33)21(34)12-13-28(29,30)31/h5-11,20,23-24,35-36H,12-15H2,1-4H3,(H,32,37)/t20-,23-,24?/m0/s1. The van der Waals surface area contributed by atoms with E-state index in [0.717, 1.165) is 4.90 Å². The number of Topliss-reactive ketones (excluding diaryl/α,β-unsaturated/α-hetero) is 1. The molecule has 1 unspecified atom stereocenters. The molecule has 3 N–H and O–H groups in total. The molecular weight excluding hydrogens is 533 g/mol. The monoisotopic (exact) mass is 566 g/mol. The van der Waals surface area contributed by atoms with E-state index in [0.29, 0.717) is 16.7 Å². The predicted octanol–water partition coefficient (Wildman–Crippen LogP) is 4.30. The number of hydrogen-bond acceptors (Lipinski definition) is 6. The highest BCUT2D eigenvalue weighted by Gasteiger charge is 2.49. The molecule has 3 rings (SSSR count). The summed E-state index contributed by atoms with van der Waals surface area (Å²) < 4.78 is 37.5. The van der Waals surface area contributed by atoms with Gasteiger partial charge in [0.05, 0.1) is 18.3 Å². The molecule has 7 nitrogen and oxygen atoms in total. The minimum atomic E-state index is -4.52. The molecule has 1 aliphatic rings. The number of amides is 2. The summed E-state index contributed by atoms with van der Waals surface area (Å²) in [5.74, 6) is -2.26. The van der Waals surface area contributed by atoms with Crippen molar-refractivity contribution in [2.75, 3.05) is 5.88 Å². The fourth-order valence-electron chi connectivity index (χ4n) is 4.70. The second-order valence-corrected chi connectivity index (χ2v) is 11.9. The molecule has 2 aromatic rings. The average Bonchev–Trinajstić information content (AvgIpc) is 3.19. The summed E-state index contributed by atoms with van der Waals surface area (Å²) in [7, 11) is 0. The molecule has 1 aliphatic heterocycles. The van der Waals surface area contributed by atoms with Gasteiger partial charge in [-0.1, -0.05) is 36.4 Å². The van der Waals surface area contributed by atoms with Crippen LogP contribution in [0.15, 0.2) is 42.5 Å². The number of nitrogens with one attached hydrogen (secondary N) is 1. The summed E-state index contributed by atoms with van der Waals surface area (Å²) in [6, 6.07) is 9.64. The first kappa shape index (κ1) is 30.5. The molecule has 2 aromatic carbocycles. The summed E-state index contributed by atoms with van der Waals surface area (Å²) in [5, 5.41) is 24.2. The van der Waals surface area contributed by atoms with Crippen LogP contribution in [0.25, 0.3) is 0 Å². The van der Waals surface area contributed by atoms with E-state index in [-0.39, 0.29) is 23.6 Å². The molecule has 0 aliphatic carbocycles. The van der Waals surface area contributed by atoms with Crippen LogP contribution in [0.4, 0.5) is 13.2 Å². The Morgan fingerprint density at radius 3 is 2.38 bits per heavy atom. The zero-order valence-electron chi connectivity index (χ0n) is 22.2. The lowest BCUT2D eigenvalue weighted by molar-refractivity contribution is -0.151. The number of nitrogens with zero attached hydrogens (tertiary/aromatic N) is 1. The Balaban J connectivity index is 1.88. The maximum Gasteiger partial charge on any atom is 0.389 e. The van der Waals surface area contributed by atoms with E-state index in [1.807, 2.05) is 0 Å². The molecule has 0 aromatic heterocycles. The lowest BCUT2D eigenvalue weighted by Gasteiger charge is -2.33. The zero-order chi connectivity index (χ0) is 29.1. The Morgan fingerprint density at radius 1 is 1.13 bits per heavy atom. The van der Waals surface area contributed by atoms with Crippen molar-refractivity contribution in [1.29, 1.82) is 0 Å². The minimum absolute atomic E-state index is 0.00225. The van der Waals surface area contributed by atoms with E-state index in [1.54, 1.807) is 64.1 Å². The maximum absolute atomic E-state index is 13.6. The molecule has 0 radical (unpaired) electrons. The second-order valence-electron chi connectivity index (χ2n) is 10.3. The lowest BCUT2D eigenvalue weighted by Crippen LogP contribution is -2.57. The van der Waals surface area contributed by atoms with Crippen LogP contribution in [0.2, 0.25) is 0 Å². The van der Waals surface area contributed by atoms with Crippen molar-refractivity contribution in [2.24, 2.45) is 0 Å². The number of carbonyl (C=O) groups is 3. The van der Waals surface area contributed by atoms with Crippen molar-refractivity contribution in [3.63, 3.8) is 0 Å². The third-order valence-corrected chi connectivity index (χ3v) is 8.29.